The maximum atomic E-state index is 13.2. The number of aryl methyl sites for hydroxylation is 1. The molecule has 0 atom stereocenters. The minimum Gasteiger partial charge on any atom is -0.312 e. The third-order valence-electron chi connectivity index (χ3n) is 4.08. The topological polar surface area (TPSA) is 30.7 Å². The maximum Gasteiger partial charge on any atom is 0.190 e. The second-order valence-electron chi connectivity index (χ2n) is 5.87. The van der Waals surface area contributed by atoms with Crippen LogP contribution in [0.5, 0.6) is 0 Å². The molecule has 0 aliphatic heterocycles. The molecule has 0 aliphatic carbocycles. The zero-order chi connectivity index (χ0) is 17.6. The summed E-state index contributed by atoms with van der Waals surface area (Å²) in [5, 5.41) is 8.82. The summed E-state index contributed by atoms with van der Waals surface area (Å²) >= 11 is 1.66. The second kappa shape index (κ2) is 8.25. The van der Waals surface area contributed by atoms with Gasteiger partial charge in [0.1, 0.15) is 18.0 Å². The van der Waals surface area contributed by atoms with E-state index in [1.165, 1.54) is 24.3 Å². The molecule has 0 saturated carbocycles. The molecule has 2 aromatic carbocycles. The Bertz CT molecular complexity index is 755. The molecule has 1 aromatic heterocycles. The third kappa shape index (κ3) is 4.66. The van der Waals surface area contributed by atoms with Crippen LogP contribution in [0.25, 0.3) is 0 Å². The summed E-state index contributed by atoms with van der Waals surface area (Å²) in [7, 11) is 1.92. The van der Waals surface area contributed by atoms with Crippen molar-refractivity contribution in [1.82, 2.24) is 14.8 Å². The number of hydrogen-bond donors (Lipinski definition) is 0. The lowest BCUT2D eigenvalue weighted by Crippen LogP contribution is -2.03. The molecule has 0 radical (unpaired) electrons. The molecule has 130 valence electrons. The molecular weight excluding hydrogens is 340 g/mol. The quantitative estimate of drug-likeness (QED) is 0.448. The summed E-state index contributed by atoms with van der Waals surface area (Å²) in [5.74, 6) is 0.519. The summed E-state index contributed by atoms with van der Waals surface area (Å²) in [4.78, 5) is 0. The summed E-state index contributed by atoms with van der Waals surface area (Å²) in [6, 6.07) is 13.1. The van der Waals surface area contributed by atoms with Crippen LogP contribution in [-0.4, -0.2) is 20.5 Å². The Kier molecular flexibility index (Phi) is 5.81. The number of halogens is 2. The van der Waals surface area contributed by atoms with Gasteiger partial charge in [-0.15, -0.1) is 10.2 Å². The van der Waals surface area contributed by atoms with Crippen molar-refractivity contribution in [2.45, 2.75) is 23.9 Å². The van der Waals surface area contributed by atoms with Crippen molar-refractivity contribution in [3.05, 3.63) is 77.6 Å². The fraction of sp³-hybridized carbons (Fsp3) is 0.263. The van der Waals surface area contributed by atoms with E-state index in [1.54, 1.807) is 42.4 Å². The van der Waals surface area contributed by atoms with Gasteiger partial charge in [0, 0.05) is 18.7 Å². The lowest BCUT2D eigenvalue weighted by atomic mass is 9.88. The number of hydrogen-bond acceptors (Lipinski definition) is 3. The van der Waals surface area contributed by atoms with Crippen LogP contribution >= 0.6 is 11.8 Å². The standard InChI is InChI=1S/C19H19F2N3S/c1-24-13-22-23-19(24)25-12-2-3-18(14-4-8-16(20)9-5-14)15-6-10-17(21)11-7-15/h4-11,13,18H,2-3,12H2,1H3. The lowest BCUT2D eigenvalue weighted by Gasteiger charge is -2.18. The number of thioether (sulfide) groups is 1. The van der Waals surface area contributed by atoms with Gasteiger partial charge in [0.15, 0.2) is 5.16 Å². The number of rotatable bonds is 7. The highest BCUT2D eigenvalue weighted by Gasteiger charge is 2.15. The lowest BCUT2D eigenvalue weighted by molar-refractivity contribution is 0.621. The van der Waals surface area contributed by atoms with Gasteiger partial charge in [0.2, 0.25) is 0 Å². The predicted octanol–water partition coefficient (Wildman–Crippen LogP) is 4.80. The molecule has 0 spiro atoms. The van der Waals surface area contributed by atoms with Crippen LogP contribution in [0.2, 0.25) is 0 Å². The molecular formula is C19H19F2N3S. The van der Waals surface area contributed by atoms with E-state index >= 15 is 0 Å². The molecule has 0 saturated heterocycles. The van der Waals surface area contributed by atoms with Gasteiger partial charge in [-0.05, 0) is 48.2 Å². The summed E-state index contributed by atoms with van der Waals surface area (Å²) < 4.78 is 28.4. The van der Waals surface area contributed by atoms with Crippen molar-refractivity contribution in [2.75, 3.05) is 5.75 Å². The van der Waals surface area contributed by atoms with Crippen LogP contribution in [0, 0.1) is 11.6 Å². The molecule has 3 nitrogen and oxygen atoms in total. The van der Waals surface area contributed by atoms with Crippen LogP contribution in [0.4, 0.5) is 8.78 Å². The maximum absolute atomic E-state index is 13.2. The first kappa shape index (κ1) is 17.6. The Morgan fingerprint density at radius 2 is 1.52 bits per heavy atom. The van der Waals surface area contributed by atoms with E-state index in [-0.39, 0.29) is 17.6 Å². The molecule has 0 N–H and O–H groups in total. The Hall–Kier alpha value is -2.21. The van der Waals surface area contributed by atoms with E-state index in [2.05, 4.69) is 10.2 Å². The highest BCUT2D eigenvalue weighted by molar-refractivity contribution is 7.99. The molecule has 25 heavy (non-hydrogen) atoms. The highest BCUT2D eigenvalue weighted by atomic mass is 32.2. The number of aromatic nitrogens is 3. The van der Waals surface area contributed by atoms with Crippen molar-refractivity contribution < 1.29 is 8.78 Å². The summed E-state index contributed by atoms with van der Waals surface area (Å²) in [6.07, 6.45) is 3.53. The third-order valence-corrected chi connectivity index (χ3v) is 5.20. The zero-order valence-corrected chi connectivity index (χ0v) is 14.7. The fourth-order valence-corrected chi connectivity index (χ4v) is 3.62. The van der Waals surface area contributed by atoms with Crippen LogP contribution in [-0.2, 0) is 7.05 Å². The molecule has 3 aromatic rings. The van der Waals surface area contributed by atoms with Gasteiger partial charge < -0.3 is 4.57 Å². The SMILES string of the molecule is Cn1cnnc1SCCCC(c1ccc(F)cc1)c1ccc(F)cc1. The van der Waals surface area contributed by atoms with E-state index in [1.807, 2.05) is 11.6 Å². The molecule has 0 aliphatic rings. The highest BCUT2D eigenvalue weighted by Crippen LogP contribution is 2.30. The normalized spacial score (nSPS) is 11.2. The Balaban J connectivity index is 1.69. The first-order chi connectivity index (χ1) is 12.1. The van der Waals surface area contributed by atoms with Gasteiger partial charge >= 0.3 is 0 Å². The summed E-state index contributed by atoms with van der Waals surface area (Å²) in [5.41, 5.74) is 2.08. The van der Waals surface area contributed by atoms with Crippen molar-refractivity contribution in [2.24, 2.45) is 7.05 Å². The molecule has 0 amide bonds. The van der Waals surface area contributed by atoms with Crippen molar-refractivity contribution >= 4 is 11.8 Å². The van der Waals surface area contributed by atoms with E-state index < -0.39 is 0 Å². The van der Waals surface area contributed by atoms with E-state index in [0.717, 1.165) is 34.9 Å². The Morgan fingerprint density at radius 3 is 2.00 bits per heavy atom. The molecule has 6 heteroatoms. The van der Waals surface area contributed by atoms with Crippen LogP contribution in [0.15, 0.2) is 60.0 Å². The molecule has 3 rings (SSSR count). The zero-order valence-electron chi connectivity index (χ0n) is 13.9. The van der Waals surface area contributed by atoms with Gasteiger partial charge in [-0.25, -0.2) is 8.78 Å². The van der Waals surface area contributed by atoms with Gasteiger partial charge in [0.25, 0.3) is 0 Å². The van der Waals surface area contributed by atoms with Gasteiger partial charge in [-0.3, -0.25) is 0 Å². The molecule has 0 bridgehead atoms. The van der Waals surface area contributed by atoms with E-state index in [9.17, 15) is 8.78 Å². The molecule has 1 heterocycles. The van der Waals surface area contributed by atoms with Crippen LogP contribution in [0.1, 0.15) is 29.9 Å². The summed E-state index contributed by atoms with van der Waals surface area (Å²) in [6.45, 7) is 0. The van der Waals surface area contributed by atoms with Crippen molar-refractivity contribution in [3.8, 4) is 0 Å². The van der Waals surface area contributed by atoms with Crippen LogP contribution in [0.3, 0.4) is 0 Å². The first-order valence-corrected chi connectivity index (χ1v) is 9.10. The number of nitrogens with zero attached hydrogens (tertiary/aromatic N) is 3. The minimum atomic E-state index is -0.251. The smallest absolute Gasteiger partial charge is 0.190 e. The van der Waals surface area contributed by atoms with E-state index in [4.69, 9.17) is 0 Å². The molecule has 0 fully saturated rings. The Morgan fingerprint density at radius 1 is 0.960 bits per heavy atom. The second-order valence-corrected chi connectivity index (χ2v) is 6.93. The van der Waals surface area contributed by atoms with Crippen LogP contribution < -0.4 is 0 Å². The molecule has 0 unspecified atom stereocenters. The van der Waals surface area contributed by atoms with Gasteiger partial charge in [-0.1, -0.05) is 36.0 Å². The monoisotopic (exact) mass is 359 g/mol. The predicted molar refractivity (Wildman–Crippen MR) is 95.6 cm³/mol. The fourth-order valence-electron chi connectivity index (χ4n) is 2.77. The average Bonchev–Trinajstić information content (AvgIpc) is 3.02. The average molecular weight is 359 g/mol. The minimum absolute atomic E-state index is 0.112. The van der Waals surface area contributed by atoms with E-state index in [0.29, 0.717) is 0 Å². The largest absolute Gasteiger partial charge is 0.312 e. The van der Waals surface area contributed by atoms with Gasteiger partial charge in [0.05, 0.1) is 0 Å². The van der Waals surface area contributed by atoms with Crippen molar-refractivity contribution in [1.29, 1.82) is 0 Å². The number of benzene rings is 2. The Labute approximate surface area is 150 Å². The van der Waals surface area contributed by atoms with Gasteiger partial charge in [-0.2, -0.15) is 0 Å². The first-order valence-electron chi connectivity index (χ1n) is 8.11. The van der Waals surface area contributed by atoms with Crippen molar-refractivity contribution in [3.63, 3.8) is 0 Å².